The molecule has 0 radical (unpaired) electrons. The van der Waals surface area contributed by atoms with Crippen LogP contribution in [0.1, 0.15) is 41.9 Å². The van der Waals surface area contributed by atoms with Crippen LogP contribution in [0.3, 0.4) is 0 Å². The third-order valence-electron chi connectivity index (χ3n) is 6.34. The summed E-state index contributed by atoms with van der Waals surface area (Å²) in [6.45, 7) is 1.89. The average molecular weight is 560 g/mol. The van der Waals surface area contributed by atoms with Gasteiger partial charge in [0.25, 0.3) is 0 Å². The van der Waals surface area contributed by atoms with E-state index in [9.17, 15) is 23.1 Å². The Labute approximate surface area is 224 Å². The van der Waals surface area contributed by atoms with Gasteiger partial charge in [0.1, 0.15) is 29.2 Å². The summed E-state index contributed by atoms with van der Waals surface area (Å²) in [7, 11) is 0. The molecule has 1 aromatic carbocycles. The number of halogens is 3. The minimum atomic E-state index is -4.57. The number of aryl methyl sites for hydroxylation is 1. The molecule has 1 amide bonds. The third kappa shape index (κ3) is 6.37. The molecule has 204 valence electrons. The second-order valence-corrected chi connectivity index (χ2v) is 10.4. The van der Waals surface area contributed by atoms with Crippen molar-refractivity contribution in [1.29, 1.82) is 0 Å². The quantitative estimate of drug-likeness (QED) is 0.309. The first-order chi connectivity index (χ1) is 18.6. The van der Waals surface area contributed by atoms with E-state index in [0.29, 0.717) is 36.4 Å². The van der Waals surface area contributed by atoms with E-state index in [1.807, 2.05) is 13.0 Å². The summed E-state index contributed by atoms with van der Waals surface area (Å²) in [4.78, 5) is 25.0. The van der Waals surface area contributed by atoms with Gasteiger partial charge >= 0.3 is 6.18 Å². The summed E-state index contributed by atoms with van der Waals surface area (Å²) < 4.78 is 40.4. The molecular weight excluding hydrogens is 535 g/mol. The van der Waals surface area contributed by atoms with Crippen LogP contribution in [0.15, 0.2) is 43.0 Å². The summed E-state index contributed by atoms with van der Waals surface area (Å²) >= 11 is 1.36. The van der Waals surface area contributed by atoms with Crippen LogP contribution in [0.4, 0.5) is 24.8 Å². The zero-order valence-corrected chi connectivity index (χ0v) is 21.5. The number of aromatic nitrogens is 7. The van der Waals surface area contributed by atoms with E-state index < -0.39 is 17.5 Å². The van der Waals surface area contributed by atoms with E-state index in [1.165, 1.54) is 22.3 Å². The highest BCUT2D eigenvalue weighted by Gasteiger charge is 2.38. The van der Waals surface area contributed by atoms with Crippen LogP contribution in [0.25, 0.3) is 10.4 Å². The Hall–Kier alpha value is -3.98. The van der Waals surface area contributed by atoms with Gasteiger partial charge in [0.05, 0.1) is 4.88 Å². The molecule has 3 aromatic heterocycles. The smallest absolute Gasteiger partial charge is 0.383 e. The number of aliphatic hydroxyl groups is 1. The van der Waals surface area contributed by atoms with Crippen LogP contribution < -0.4 is 10.6 Å². The van der Waals surface area contributed by atoms with Crippen LogP contribution in [0, 0.1) is 6.92 Å². The van der Waals surface area contributed by atoms with Gasteiger partial charge < -0.3 is 15.7 Å². The summed E-state index contributed by atoms with van der Waals surface area (Å²) in [5.74, 6) is -0.365. The SMILES string of the molecule is Cc1cc(Nc2nccc(C(F)(F)F)n2)cc(-c2cnc([C@]3(O)CC[C@H](NC(=O)Cn4cnnn4)CC3)s2)c1. The fraction of sp³-hybridized carbons (Fsp3) is 0.375. The van der Waals surface area contributed by atoms with Crippen LogP contribution in [0.5, 0.6) is 0 Å². The van der Waals surface area contributed by atoms with Crippen LogP contribution in [0.2, 0.25) is 0 Å². The molecule has 0 saturated heterocycles. The molecule has 1 saturated carbocycles. The maximum atomic E-state index is 13.0. The van der Waals surface area contributed by atoms with Crippen LogP contribution in [-0.2, 0) is 23.1 Å². The molecule has 0 spiro atoms. The Morgan fingerprint density at radius 1 is 1.23 bits per heavy atom. The van der Waals surface area contributed by atoms with Crippen molar-refractivity contribution in [3.05, 3.63) is 59.3 Å². The average Bonchev–Trinajstić information content (AvgIpc) is 3.58. The van der Waals surface area contributed by atoms with Crippen molar-refractivity contribution in [2.24, 2.45) is 0 Å². The lowest BCUT2D eigenvalue weighted by molar-refractivity contribution is -0.141. The number of nitrogens with one attached hydrogen (secondary N) is 2. The molecule has 5 rings (SSSR count). The Morgan fingerprint density at radius 2 is 2.03 bits per heavy atom. The predicted octanol–water partition coefficient (Wildman–Crippen LogP) is 3.60. The van der Waals surface area contributed by atoms with E-state index >= 15 is 0 Å². The van der Waals surface area contributed by atoms with Crippen molar-refractivity contribution in [2.45, 2.75) is 57.0 Å². The van der Waals surface area contributed by atoms with Crippen molar-refractivity contribution < 1.29 is 23.1 Å². The van der Waals surface area contributed by atoms with Gasteiger partial charge in [0.2, 0.25) is 11.9 Å². The number of thiazole rings is 1. The second kappa shape index (κ2) is 10.6. The standard InChI is InChI=1S/C24H24F3N9O2S/c1-14-8-15(10-17(9-14)32-22-28-7-4-19(33-22)24(25,26)27)18-11-29-21(39-18)23(38)5-2-16(3-6-23)31-20(37)12-36-13-30-34-35-36/h4,7-11,13,16,38H,2-3,5-6,12H2,1H3,(H,31,37)(H,28,32,33)/t16-,23-. The summed E-state index contributed by atoms with van der Waals surface area (Å²) in [6, 6.07) is 6.22. The Kier molecular flexibility index (Phi) is 7.27. The van der Waals surface area contributed by atoms with Crippen molar-refractivity contribution >= 4 is 28.9 Å². The van der Waals surface area contributed by atoms with Gasteiger partial charge in [-0.15, -0.1) is 16.4 Å². The minimum absolute atomic E-state index is 0.0246. The first-order valence-electron chi connectivity index (χ1n) is 12.1. The number of carbonyl (C=O) groups excluding carboxylic acids is 1. The number of carbonyl (C=O) groups is 1. The molecule has 11 nitrogen and oxygen atoms in total. The number of rotatable bonds is 7. The topological polar surface area (TPSA) is 144 Å². The van der Waals surface area contributed by atoms with Gasteiger partial charge in [0.15, 0.2) is 0 Å². The number of amides is 1. The number of benzene rings is 1. The lowest BCUT2D eigenvalue weighted by atomic mass is 9.82. The fourth-order valence-corrected chi connectivity index (χ4v) is 5.50. The van der Waals surface area contributed by atoms with Crippen molar-refractivity contribution in [1.82, 2.24) is 40.5 Å². The number of anilines is 2. The van der Waals surface area contributed by atoms with E-state index in [0.717, 1.165) is 28.3 Å². The zero-order valence-electron chi connectivity index (χ0n) is 20.7. The van der Waals surface area contributed by atoms with Crippen molar-refractivity contribution in [2.75, 3.05) is 5.32 Å². The number of nitrogens with zero attached hydrogens (tertiary/aromatic N) is 7. The van der Waals surface area contributed by atoms with Crippen molar-refractivity contribution in [3.63, 3.8) is 0 Å². The highest BCUT2D eigenvalue weighted by Crippen LogP contribution is 2.41. The molecule has 1 aliphatic carbocycles. The van der Waals surface area contributed by atoms with Crippen LogP contribution in [-0.4, -0.2) is 52.2 Å². The largest absolute Gasteiger partial charge is 0.433 e. The lowest BCUT2D eigenvalue weighted by Crippen LogP contribution is -2.43. The maximum Gasteiger partial charge on any atom is 0.433 e. The maximum absolute atomic E-state index is 13.0. The van der Waals surface area contributed by atoms with E-state index in [4.69, 9.17) is 0 Å². The molecule has 0 aliphatic heterocycles. The van der Waals surface area contributed by atoms with E-state index in [1.54, 1.807) is 18.3 Å². The molecule has 3 heterocycles. The van der Waals surface area contributed by atoms with Gasteiger partial charge in [-0.1, -0.05) is 6.07 Å². The second-order valence-electron chi connectivity index (χ2n) is 9.39. The molecule has 0 unspecified atom stereocenters. The van der Waals surface area contributed by atoms with Crippen molar-refractivity contribution in [3.8, 4) is 10.4 Å². The molecular formula is C24H24F3N9O2S. The fourth-order valence-electron chi connectivity index (χ4n) is 4.45. The lowest BCUT2D eigenvalue weighted by Gasteiger charge is -2.34. The Bertz CT molecular complexity index is 1450. The molecule has 39 heavy (non-hydrogen) atoms. The normalized spacial score (nSPS) is 19.6. The molecule has 0 atom stereocenters. The third-order valence-corrected chi connectivity index (χ3v) is 7.58. The van der Waals surface area contributed by atoms with Gasteiger partial charge in [-0.2, -0.15) is 13.2 Å². The number of tetrazole rings is 1. The van der Waals surface area contributed by atoms with E-state index in [-0.39, 0.29) is 24.4 Å². The number of hydrogen-bond acceptors (Lipinski definition) is 10. The Balaban J connectivity index is 1.25. The van der Waals surface area contributed by atoms with E-state index in [2.05, 4.69) is 41.1 Å². The van der Waals surface area contributed by atoms with Gasteiger partial charge in [0, 0.05) is 24.1 Å². The molecule has 15 heteroatoms. The highest BCUT2D eigenvalue weighted by molar-refractivity contribution is 7.15. The summed E-state index contributed by atoms with van der Waals surface area (Å²) in [5, 5.41) is 28.4. The predicted molar refractivity (Wildman–Crippen MR) is 135 cm³/mol. The van der Waals surface area contributed by atoms with Gasteiger partial charge in [-0.3, -0.25) is 4.79 Å². The van der Waals surface area contributed by atoms with Gasteiger partial charge in [-0.25, -0.2) is 19.6 Å². The van der Waals surface area contributed by atoms with Crippen LogP contribution >= 0.6 is 11.3 Å². The monoisotopic (exact) mass is 559 g/mol. The Morgan fingerprint density at radius 3 is 2.74 bits per heavy atom. The number of hydrogen-bond donors (Lipinski definition) is 3. The minimum Gasteiger partial charge on any atom is -0.383 e. The highest BCUT2D eigenvalue weighted by atomic mass is 32.1. The molecule has 4 aromatic rings. The first-order valence-corrected chi connectivity index (χ1v) is 12.9. The number of alkyl halides is 3. The zero-order chi connectivity index (χ0) is 27.6. The van der Waals surface area contributed by atoms with Gasteiger partial charge in [-0.05, 0) is 72.4 Å². The molecule has 1 fully saturated rings. The summed E-state index contributed by atoms with van der Waals surface area (Å²) in [6.07, 6.45) is 1.57. The first kappa shape index (κ1) is 26.6. The molecule has 0 bridgehead atoms. The summed E-state index contributed by atoms with van der Waals surface area (Å²) in [5.41, 5.74) is 0.0383. The molecule has 1 aliphatic rings. The molecule has 3 N–H and O–H groups in total.